The first-order valence-corrected chi connectivity index (χ1v) is 10.3. The number of para-hydroxylation sites is 1. The maximum Gasteiger partial charge on any atom is 0.288 e. The van der Waals surface area contributed by atoms with Gasteiger partial charge in [0.2, 0.25) is 0 Å². The normalized spacial score (nSPS) is 10.9. The van der Waals surface area contributed by atoms with Crippen molar-refractivity contribution in [1.29, 1.82) is 0 Å². The molecule has 156 valence electrons. The number of rotatable bonds is 7. The Hall–Kier alpha value is -3.64. The molecule has 0 spiro atoms. The van der Waals surface area contributed by atoms with Crippen molar-refractivity contribution in [3.8, 4) is 0 Å². The minimum Gasteiger partial charge on any atom is -0.359 e. The first-order valence-electron chi connectivity index (χ1n) is 9.90. The topological polar surface area (TPSA) is 79.2 Å². The molecule has 0 saturated carbocycles. The number of benzene rings is 3. The van der Waals surface area contributed by atoms with Crippen molar-refractivity contribution >= 4 is 39.8 Å². The molecule has 0 fully saturated rings. The summed E-state index contributed by atoms with van der Waals surface area (Å²) < 4.78 is 0. The predicted molar refractivity (Wildman–Crippen MR) is 123 cm³/mol. The molecule has 1 N–H and O–H groups in total. The zero-order chi connectivity index (χ0) is 21.8. The van der Waals surface area contributed by atoms with Crippen LogP contribution in [0.3, 0.4) is 0 Å². The third-order valence-electron chi connectivity index (χ3n) is 5.18. The number of aromatic amines is 1. The first-order chi connectivity index (χ1) is 15.0. The lowest BCUT2D eigenvalue weighted by Gasteiger charge is -2.22. The number of nitrogens with zero attached hydrogens (tertiary/aromatic N) is 2. The summed E-state index contributed by atoms with van der Waals surface area (Å²) in [7, 11) is 0. The summed E-state index contributed by atoms with van der Waals surface area (Å²) in [6.07, 6.45) is 3.36. The smallest absolute Gasteiger partial charge is 0.288 e. The molecule has 1 amide bonds. The van der Waals surface area contributed by atoms with Crippen LogP contribution < -0.4 is 4.90 Å². The van der Waals surface area contributed by atoms with E-state index in [1.165, 1.54) is 23.8 Å². The zero-order valence-electron chi connectivity index (χ0n) is 16.6. The SMILES string of the molecule is O=C(c1ccc(Cl)c([N+](=O)[O-])c1)N(CCCc1ccccc1)c1c[nH]c2ccccc12. The number of carbonyl (C=O) groups is 1. The summed E-state index contributed by atoms with van der Waals surface area (Å²) in [5.74, 6) is -0.308. The van der Waals surface area contributed by atoms with E-state index in [1.807, 2.05) is 42.5 Å². The van der Waals surface area contributed by atoms with E-state index < -0.39 is 4.92 Å². The minimum atomic E-state index is -0.579. The summed E-state index contributed by atoms with van der Waals surface area (Å²) in [6.45, 7) is 0.464. The number of aromatic nitrogens is 1. The van der Waals surface area contributed by atoms with Crippen molar-refractivity contribution in [3.05, 3.63) is 105 Å². The zero-order valence-corrected chi connectivity index (χ0v) is 17.4. The number of nitro benzene ring substituents is 1. The highest BCUT2D eigenvalue weighted by molar-refractivity contribution is 6.32. The second kappa shape index (κ2) is 9.02. The van der Waals surface area contributed by atoms with Gasteiger partial charge in [-0.25, -0.2) is 0 Å². The van der Waals surface area contributed by atoms with E-state index >= 15 is 0 Å². The van der Waals surface area contributed by atoms with Crippen molar-refractivity contribution in [2.24, 2.45) is 0 Å². The molecular formula is C24H20ClN3O3. The number of hydrogen-bond acceptors (Lipinski definition) is 3. The maximum atomic E-state index is 13.5. The van der Waals surface area contributed by atoms with Gasteiger partial charge >= 0.3 is 0 Å². The van der Waals surface area contributed by atoms with Crippen LogP contribution in [0.2, 0.25) is 5.02 Å². The van der Waals surface area contributed by atoms with Crippen LogP contribution in [-0.2, 0) is 6.42 Å². The second-order valence-corrected chi connectivity index (χ2v) is 7.60. The number of halogens is 1. The van der Waals surface area contributed by atoms with Gasteiger partial charge in [-0.1, -0.05) is 60.1 Å². The Kier molecular flexibility index (Phi) is 6.00. The van der Waals surface area contributed by atoms with Gasteiger partial charge in [-0.3, -0.25) is 14.9 Å². The molecule has 4 rings (SSSR count). The highest BCUT2D eigenvalue weighted by atomic mass is 35.5. The molecule has 1 aromatic heterocycles. The van der Waals surface area contributed by atoms with Crippen LogP contribution in [0, 0.1) is 10.1 Å². The van der Waals surface area contributed by atoms with Gasteiger partial charge in [-0.2, -0.15) is 0 Å². The number of H-pyrrole nitrogens is 1. The van der Waals surface area contributed by atoms with Gasteiger partial charge in [0.1, 0.15) is 5.02 Å². The van der Waals surface area contributed by atoms with Crippen molar-refractivity contribution < 1.29 is 9.72 Å². The Morgan fingerprint density at radius 2 is 1.77 bits per heavy atom. The number of nitrogens with one attached hydrogen (secondary N) is 1. The van der Waals surface area contributed by atoms with Crippen molar-refractivity contribution in [3.63, 3.8) is 0 Å². The van der Waals surface area contributed by atoms with Crippen LogP contribution in [0.4, 0.5) is 11.4 Å². The lowest BCUT2D eigenvalue weighted by Crippen LogP contribution is -2.32. The fourth-order valence-electron chi connectivity index (χ4n) is 3.64. The molecule has 0 saturated heterocycles. The van der Waals surface area contributed by atoms with Gasteiger partial charge in [0, 0.05) is 35.3 Å². The molecular weight excluding hydrogens is 414 g/mol. The summed E-state index contributed by atoms with van der Waals surface area (Å²) in [5, 5.41) is 12.2. The summed E-state index contributed by atoms with van der Waals surface area (Å²) in [5.41, 5.74) is 2.79. The third kappa shape index (κ3) is 4.44. The van der Waals surface area contributed by atoms with Crippen LogP contribution in [-0.4, -0.2) is 22.4 Å². The van der Waals surface area contributed by atoms with Gasteiger partial charge in [-0.05, 0) is 36.6 Å². The molecule has 0 radical (unpaired) electrons. The van der Waals surface area contributed by atoms with Crippen LogP contribution >= 0.6 is 11.6 Å². The molecule has 31 heavy (non-hydrogen) atoms. The van der Waals surface area contributed by atoms with Crippen molar-refractivity contribution in [2.75, 3.05) is 11.4 Å². The highest BCUT2D eigenvalue weighted by Gasteiger charge is 2.23. The number of carbonyl (C=O) groups excluding carboxylic acids is 1. The number of hydrogen-bond donors (Lipinski definition) is 1. The molecule has 0 aliphatic rings. The van der Waals surface area contributed by atoms with Gasteiger partial charge in [0.05, 0.1) is 10.6 Å². The highest BCUT2D eigenvalue weighted by Crippen LogP contribution is 2.30. The number of nitro groups is 1. The molecule has 0 aliphatic carbocycles. The molecule has 0 aliphatic heterocycles. The average molecular weight is 434 g/mol. The number of anilines is 1. The minimum absolute atomic E-state index is 0.00396. The van der Waals surface area contributed by atoms with E-state index in [1.54, 1.807) is 11.1 Å². The summed E-state index contributed by atoms with van der Waals surface area (Å²) in [4.78, 5) is 29.0. The second-order valence-electron chi connectivity index (χ2n) is 7.19. The molecule has 4 aromatic rings. The van der Waals surface area contributed by atoms with E-state index in [-0.39, 0.29) is 22.2 Å². The van der Waals surface area contributed by atoms with Crippen molar-refractivity contribution in [2.45, 2.75) is 12.8 Å². The molecule has 3 aromatic carbocycles. The van der Waals surface area contributed by atoms with Crippen molar-refractivity contribution in [1.82, 2.24) is 4.98 Å². The Balaban J connectivity index is 1.67. The first kappa shape index (κ1) is 20.6. The molecule has 7 heteroatoms. The van der Waals surface area contributed by atoms with E-state index in [9.17, 15) is 14.9 Å². The Morgan fingerprint density at radius 3 is 2.55 bits per heavy atom. The molecule has 1 heterocycles. The molecule has 6 nitrogen and oxygen atoms in total. The number of aryl methyl sites for hydroxylation is 1. The summed E-state index contributed by atoms with van der Waals surface area (Å²) >= 11 is 5.93. The number of fused-ring (bicyclic) bond motifs is 1. The standard InChI is InChI=1S/C24H20ClN3O3/c25-20-13-12-18(15-22(20)28(30)31)24(29)27(14-6-9-17-7-2-1-3-8-17)23-16-26-21-11-5-4-10-19(21)23/h1-5,7-8,10-13,15-16,26H,6,9,14H2. The molecule has 0 bridgehead atoms. The Labute approximate surface area is 184 Å². The van der Waals surface area contributed by atoms with E-state index in [4.69, 9.17) is 11.6 Å². The third-order valence-corrected chi connectivity index (χ3v) is 5.50. The maximum absolute atomic E-state index is 13.5. The quantitative estimate of drug-likeness (QED) is 0.286. The molecule has 0 unspecified atom stereocenters. The van der Waals surface area contributed by atoms with Crippen LogP contribution in [0.5, 0.6) is 0 Å². The van der Waals surface area contributed by atoms with Gasteiger partial charge in [0.15, 0.2) is 0 Å². The van der Waals surface area contributed by atoms with Gasteiger partial charge < -0.3 is 9.88 Å². The van der Waals surface area contributed by atoms with Gasteiger partial charge in [-0.15, -0.1) is 0 Å². The van der Waals surface area contributed by atoms with E-state index in [0.29, 0.717) is 6.54 Å². The van der Waals surface area contributed by atoms with E-state index in [2.05, 4.69) is 17.1 Å². The van der Waals surface area contributed by atoms with Gasteiger partial charge in [0.25, 0.3) is 11.6 Å². The lowest BCUT2D eigenvalue weighted by atomic mass is 10.1. The summed E-state index contributed by atoms with van der Waals surface area (Å²) in [6, 6.07) is 22.0. The Bertz CT molecular complexity index is 1240. The van der Waals surface area contributed by atoms with Crippen LogP contribution in [0.25, 0.3) is 10.9 Å². The largest absolute Gasteiger partial charge is 0.359 e. The monoisotopic (exact) mass is 433 g/mol. The van der Waals surface area contributed by atoms with Crippen LogP contribution in [0.15, 0.2) is 79.0 Å². The van der Waals surface area contributed by atoms with E-state index in [0.717, 1.165) is 29.4 Å². The van der Waals surface area contributed by atoms with Crippen LogP contribution in [0.1, 0.15) is 22.3 Å². The fraction of sp³-hybridized carbons (Fsp3) is 0.125. The molecule has 0 atom stereocenters. The average Bonchev–Trinajstić information content (AvgIpc) is 3.21. The Morgan fingerprint density at radius 1 is 1.03 bits per heavy atom. The lowest BCUT2D eigenvalue weighted by molar-refractivity contribution is -0.384. The fourth-order valence-corrected chi connectivity index (χ4v) is 3.82. The predicted octanol–water partition coefficient (Wildman–Crippen LogP) is 6.01. The number of amides is 1.